The molecule has 6 nitrogen and oxygen atoms in total. The van der Waals surface area contributed by atoms with Gasteiger partial charge in [0.05, 0.1) is 61.3 Å². The average molecular weight is 813 g/mol. The van der Waals surface area contributed by atoms with Gasteiger partial charge in [-0.1, -0.05) is 24.3 Å². The molecule has 0 aliphatic carbocycles. The topological polar surface area (TPSA) is 72.3 Å². The highest BCUT2D eigenvalue weighted by Gasteiger charge is 2.36. The van der Waals surface area contributed by atoms with Crippen LogP contribution in [-0.2, 0) is 24.7 Å². The van der Waals surface area contributed by atoms with Gasteiger partial charge in [-0.3, -0.25) is 0 Å². The van der Waals surface area contributed by atoms with E-state index in [1.165, 1.54) is 13.8 Å². The molecule has 3 heterocycles. The van der Waals surface area contributed by atoms with Crippen LogP contribution in [0.5, 0.6) is 0 Å². The number of fused-ring (bicyclic) bond motifs is 6. The molecular formula is C40H20F12N6. The van der Waals surface area contributed by atoms with Crippen molar-refractivity contribution in [3.8, 4) is 28.8 Å². The summed E-state index contributed by atoms with van der Waals surface area (Å²) >= 11 is 0. The van der Waals surface area contributed by atoms with Crippen molar-refractivity contribution < 1.29 is 52.7 Å². The lowest BCUT2D eigenvalue weighted by molar-refractivity contribution is -0.138. The van der Waals surface area contributed by atoms with Gasteiger partial charge < -0.3 is 9.13 Å². The minimum atomic E-state index is -4.92. The summed E-state index contributed by atoms with van der Waals surface area (Å²) in [6.07, 6.45) is -19.7. The SMILES string of the molecule is Cc1nc(C)nc(-c2cc(-n3c4cc(C(F)(F)F)ccc4c4ccc(C(F)(F)F)cc43)c(C#N)cc2-n2c3cc(C(F)(F)F)ccc3c3ccc(C(F)(F)F)cc32)n1. The molecule has 18 heteroatoms. The zero-order chi connectivity index (χ0) is 41.9. The summed E-state index contributed by atoms with van der Waals surface area (Å²) in [5, 5.41) is 11.0. The molecule has 0 atom stereocenters. The molecule has 0 aliphatic rings. The van der Waals surface area contributed by atoms with E-state index >= 15 is 0 Å². The Balaban J connectivity index is 1.57. The molecule has 294 valence electrons. The lowest BCUT2D eigenvalue weighted by Crippen LogP contribution is -2.09. The maximum atomic E-state index is 14.2. The van der Waals surface area contributed by atoms with Crippen molar-refractivity contribution in [2.75, 3.05) is 0 Å². The van der Waals surface area contributed by atoms with Gasteiger partial charge in [0.25, 0.3) is 0 Å². The maximum absolute atomic E-state index is 14.2. The van der Waals surface area contributed by atoms with Crippen molar-refractivity contribution in [1.82, 2.24) is 24.1 Å². The lowest BCUT2D eigenvalue weighted by atomic mass is 10.0. The Morgan fingerprint density at radius 3 is 1.09 bits per heavy atom. The van der Waals surface area contributed by atoms with Crippen LogP contribution in [0, 0.1) is 25.2 Å². The Hall–Kier alpha value is -6.64. The van der Waals surface area contributed by atoms with E-state index in [2.05, 4.69) is 15.0 Å². The number of alkyl halides is 12. The largest absolute Gasteiger partial charge is 0.416 e. The number of hydrogen-bond donors (Lipinski definition) is 0. The third-order valence-electron chi connectivity index (χ3n) is 9.66. The fourth-order valence-corrected chi connectivity index (χ4v) is 7.21. The van der Waals surface area contributed by atoms with Crippen molar-refractivity contribution in [3.63, 3.8) is 0 Å². The van der Waals surface area contributed by atoms with Gasteiger partial charge >= 0.3 is 24.7 Å². The van der Waals surface area contributed by atoms with Crippen LogP contribution < -0.4 is 0 Å². The molecule has 8 rings (SSSR count). The molecule has 5 aromatic carbocycles. The van der Waals surface area contributed by atoms with Gasteiger partial charge in [0.15, 0.2) is 5.82 Å². The predicted molar refractivity (Wildman–Crippen MR) is 188 cm³/mol. The van der Waals surface area contributed by atoms with Crippen molar-refractivity contribution in [2.24, 2.45) is 0 Å². The Bertz CT molecular complexity index is 2890. The van der Waals surface area contributed by atoms with Gasteiger partial charge in [-0.15, -0.1) is 0 Å². The van der Waals surface area contributed by atoms with Gasteiger partial charge in [-0.2, -0.15) is 57.9 Å². The third kappa shape index (κ3) is 6.30. The number of hydrogen-bond acceptors (Lipinski definition) is 4. The Morgan fingerprint density at radius 2 is 0.776 bits per heavy atom. The van der Waals surface area contributed by atoms with Gasteiger partial charge in [0.1, 0.15) is 17.7 Å². The molecule has 0 spiro atoms. The molecule has 3 aromatic heterocycles. The van der Waals surface area contributed by atoms with Crippen LogP contribution in [0.4, 0.5) is 52.7 Å². The second-order valence-corrected chi connectivity index (χ2v) is 13.3. The van der Waals surface area contributed by atoms with Crippen LogP contribution in [0.15, 0.2) is 84.9 Å². The monoisotopic (exact) mass is 812 g/mol. The van der Waals surface area contributed by atoms with Crippen LogP contribution in [0.2, 0.25) is 0 Å². The van der Waals surface area contributed by atoms with E-state index in [1.807, 2.05) is 6.07 Å². The molecule has 0 unspecified atom stereocenters. The Morgan fingerprint density at radius 1 is 0.448 bits per heavy atom. The standard InChI is InChI=1S/C40H20F12N6/c1-18-54-19(2)56-36(55-18)29-16-30(57-32-12-21(37(41,42)43)3-7-25(32)26-8-4-22(13-33(26)57)38(44,45)46)20(17-53)11-31(29)58-34-14-23(39(47,48)49)5-9-27(34)28-10-6-24(15-35(28)58)40(50,51)52/h3-16H,1-2H3. The van der Waals surface area contributed by atoms with E-state index in [0.29, 0.717) is 24.3 Å². The number of halogens is 12. The van der Waals surface area contributed by atoms with Gasteiger partial charge in [-0.25, -0.2) is 15.0 Å². The molecule has 58 heavy (non-hydrogen) atoms. The fourth-order valence-electron chi connectivity index (χ4n) is 7.21. The summed E-state index contributed by atoms with van der Waals surface area (Å²) in [6.45, 7) is 2.91. The molecule has 0 bridgehead atoms. The Kier molecular flexibility index (Phi) is 8.36. The molecular weight excluding hydrogens is 792 g/mol. The van der Waals surface area contributed by atoms with Crippen LogP contribution >= 0.6 is 0 Å². The molecule has 0 radical (unpaired) electrons. The van der Waals surface area contributed by atoms with Crippen LogP contribution in [0.25, 0.3) is 66.4 Å². The number of rotatable bonds is 3. The van der Waals surface area contributed by atoms with E-state index in [4.69, 9.17) is 0 Å². The average Bonchev–Trinajstić information content (AvgIpc) is 3.63. The van der Waals surface area contributed by atoms with Gasteiger partial charge in [0.2, 0.25) is 0 Å². The Labute approximate surface area is 317 Å². The quantitative estimate of drug-likeness (QED) is 0.167. The highest BCUT2D eigenvalue weighted by Crippen LogP contribution is 2.44. The number of benzene rings is 5. The van der Waals surface area contributed by atoms with E-state index in [-0.39, 0.29) is 78.0 Å². The van der Waals surface area contributed by atoms with E-state index in [1.54, 1.807) is 0 Å². The molecule has 0 saturated heterocycles. The van der Waals surface area contributed by atoms with Crippen LogP contribution in [0.3, 0.4) is 0 Å². The first-order valence-corrected chi connectivity index (χ1v) is 16.8. The highest BCUT2D eigenvalue weighted by atomic mass is 19.4. The highest BCUT2D eigenvalue weighted by molar-refractivity contribution is 6.11. The van der Waals surface area contributed by atoms with Crippen molar-refractivity contribution in [3.05, 3.63) is 124 Å². The van der Waals surface area contributed by atoms with Crippen LogP contribution in [0.1, 0.15) is 39.5 Å². The van der Waals surface area contributed by atoms with E-state index in [9.17, 15) is 57.9 Å². The molecule has 0 fully saturated rings. The van der Waals surface area contributed by atoms with E-state index in [0.717, 1.165) is 69.8 Å². The molecule has 0 N–H and O–H groups in total. The zero-order valence-electron chi connectivity index (χ0n) is 29.3. The number of nitriles is 1. The van der Waals surface area contributed by atoms with Crippen molar-refractivity contribution >= 4 is 43.6 Å². The molecule has 0 amide bonds. The summed E-state index contributed by atoms with van der Waals surface area (Å²) in [6, 6.07) is 14.2. The van der Waals surface area contributed by atoms with Gasteiger partial charge in [0, 0.05) is 27.1 Å². The third-order valence-corrected chi connectivity index (χ3v) is 9.66. The smallest absolute Gasteiger partial charge is 0.308 e. The number of nitrogens with zero attached hydrogens (tertiary/aromatic N) is 6. The summed E-state index contributed by atoms with van der Waals surface area (Å²) in [5.74, 6) is -0.0315. The van der Waals surface area contributed by atoms with Crippen molar-refractivity contribution in [2.45, 2.75) is 38.6 Å². The molecule has 8 aromatic rings. The van der Waals surface area contributed by atoms with Crippen LogP contribution in [-0.4, -0.2) is 24.1 Å². The predicted octanol–water partition coefficient (Wildman–Crippen LogP) is 12.3. The second-order valence-electron chi connectivity index (χ2n) is 13.3. The maximum Gasteiger partial charge on any atom is 0.416 e. The zero-order valence-corrected chi connectivity index (χ0v) is 29.3. The summed E-state index contributed by atoms with van der Waals surface area (Å²) in [5.41, 5.74) is -6.91. The molecule has 0 aliphatic heterocycles. The van der Waals surface area contributed by atoms with E-state index < -0.39 is 52.5 Å². The summed E-state index contributed by atoms with van der Waals surface area (Å²) < 4.78 is 172. The first-order chi connectivity index (χ1) is 27.0. The summed E-state index contributed by atoms with van der Waals surface area (Å²) in [4.78, 5) is 12.9. The molecule has 0 saturated carbocycles. The fraction of sp³-hybridized carbons (Fsp3) is 0.150. The first kappa shape index (κ1) is 38.2. The lowest BCUT2D eigenvalue weighted by Gasteiger charge is -2.19. The summed E-state index contributed by atoms with van der Waals surface area (Å²) in [7, 11) is 0. The first-order valence-electron chi connectivity index (χ1n) is 16.8. The normalized spacial score (nSPS) is 13.0. The minimum Gasteiger partial charge on any atom is -0.308 e. The number of aromatic nitrogens is 5. The minimum absolute atomic E-state index is 0.0693. The second kappa shape index (κ2) is 12.7. The van der Waals surface area contributed by atoms with Gasteiger partial charge in [-0.05, 0) is 74.5 Å². The van der Waals surface area contributed by atoms with Crippen molar-refractivity contribution in [1.29, 1.82) is 5.26 Å². The number of aryl methyl sites for hydroxylation is 2.